The molecule has 16 heavy (non-hydrogen) atoms. The molecule has 3 nitrogen and oxygen atoms in total. The van der Waals surface area contributed by atoms with Crippen molar-refractivity contribution in [1.29, 1.82) is 0 Å². The highest BCUT2D eigenvalue weighted by atomic mass is 79.9. The van der Waals surface area contributed by atoms with Crippen LogP contribution in [0.4, 0.5) is 0 Å². The Balaban J connectivity index is 2.93. The average Bonchev–Trinajstić information content (AvgIpc) is 2.21. The van der Waals surface area contributed by atoms with Crippen LogP contribution in [0.2, 0.25) is 5.15 Å². The fraction of sp³-hybridized carbons (Fsp3) is 0.455. The second kappa shape index (κ2) is 5.15. The molecule has 0 fully saturated rings. The number of nitrogens with one attached hydrogen (secondary N) is 1. The normalized spacial score (nSPS) is 11.3. The highest BCUT2D eigenvalue weighted by Crippen LogP contribution is 2.19. The summed E-state index contributed by atoms with van der Waals surface area (Å²) in [6.07, 6.45) is 2.40. The standard InChI is InChI=1S/C11H14BrClN2O/c1-4-11(2,3)15-10(16)8-5-7(12)6-14-9(8)13/h5-6H,4H2,1-3H3,(H,15,16). The van der Waals surface area contributed by atoms with Gasteiger partial charge in [0.05, 0.1) is 5.56 Å². The third-order valence-electron chi connectivity index (χ3n) is 2.39. The van der Waals surface area contributed by atoms with E-state index in [-0.39, 0.29) is 16.6 Å². The molecule has 0 spiro atoms. The van der Waals surface area contributed by atoms with E-state index in [1.165, 1.54) is 0 Å². The minimum absolute atomic E-state index is 0.203. The summed E-state index contributed by atoms with van der Waals surface area (Å²) in [7, 11) is 0. The Morgan fingerprint density at radius 2 is 2.25 bits per heavy atom. The van der Waals surface area contributed by atoms with E-state index in [0.29, 0.717) is 5.56 Å². The summed E-state index contributed by atoms with van der Waals surface area (Å²) in [5.74, 6) is -0.203. The Kier molecular flexibility index (Phi) is 4.33. The van der Waals surface area contributed by atoms with Crippen molar-refractivity contribution >= 4 is 33.4 Å². The van der Waals surface area contributed by atoms with Crippen LogP contribution in [0, 0.1) is 0 Å². The highest BCUT2D eigenvalue weighted by Gasteiger charge is 2.20. The molecule has 0 atom stereocenters. The first kappa shape index (κ1) is 13.5. The first-order chi connectivity index (χ1) is 7.35. The van der Waals surface area contributed by atoms with Crippen LogP contribution >= 0.6 is 27.5 Å². The second-order valence-corrected chi connectivity index (χ2v) is 5.46. The van der Waals surface area contributed by atoms with Crippen LogP contribution in [0.15, 0.2) is 16.7 Å². The molecule has 1 aromatic heterocycles. The van der Waals surface area contributed by atoms with Gasteiger partial charge in [-0.15, -0.1) is 0 Å². The van der Waals surface area contributed by atoms with E-state index in [9.17, 15) is 4.79 Å². The van der Waals surface area contributed by atoms with Crippen molar-refractivity contribution in [2.45, 2.75) is 32.7 Å². The summed E-state index contributed by atoms with van der Waals surface area (Å²) in [6, 6.07) is 1.66. The number of aromatic nitrogens is 1. The van der Waals surface area contributed by atoms with Gasteiger partial charge in [0.25, 0.3) is 5.91 Å². The van der Waals surface area contributed by atoms with Gasteiger partial charge in [0.15, 0.2) is 0 Å². The number of hydrogen-bond donors (Lipinski definition) is 1. The summed E-state index contributed by atoms with van der Waals surface area (Å²) in [4.78, 5) is 15.8. The Morgan fingerprint density at radius 1 is 1.62 bits per heavy atom. The number of pyridine rings is 1. The van der Waals surface area contributed by atoms with Gasteiger partial charge < -0.3 is 5.32 Å². The van der Waals surface area contributed by atoms with Crippen LogP contribution < -0.4 is 5.32 Å². The van der Waals surface area contributed by atoms with Gasteiger partial charge in [-0.2, -0.15) is 0 Å². The molecule has 88 valence electrons. The predicted molar refractivity (Wildman–Crippen MR) is 68.8 cm³/mol. The number of nitrogens with zero attached hydrogens (tertiary/aromatic N) is 1. The first-order valence-electron chi connectivity index (χ1n) is 4.99. The number of amides is 1. The molecule has 0 aliphatic carbocycles. The van der Waals surface area contributed by atoms with Crippen LogP contribution in [0.1, 0.15) is 37.6 Å². The third-order valence-corrected chi connectivity index (χ3v) is 3.12. The van der Waals surface area contributed by atoms with E-state index in [2.05, 4.69) is 26.2 Å². The predicted octanol–water partition coefficient (Wildman–Crippen LogP) is 3.42. The zero-order chi connectivity index (χ0) is 12.3. The van der Waals surface area contributed by atoms with E-state index >= 15 is 0 Å². The molecule has 0 saturated heterocycles. The summed E-state index contributed by atoms with van der Waals surface area (Å²) >= 11 is 9.13. The lowest BCUT2D eigenvalue weighted by Crippen LogP contribution is -2.42. The Morgan fingerprint density at radius 3 is 2.81 bits per heavy atom. The van der Waals surface area contributed by atoms with Crippen molar-refractivity contribution < 1.29 is 4.79 Å². The fourth-order valence-corrected chi connectivity index (χ4v) is 1.57. The van der Waals surface area contributed by atoms with E-state index in [4.69, 9.17) is 11.6 Å². The Hall–Kier alpha value is -0.610. The SMILES string of the molecule is CCC(C)(C)NC(=O)c1cc(Br)cnc1Cl. The van der Waals surface area contributed by atoms with Crippen LogP contribution in [0.5, 0.6) is 0 Å². The van der Waals surface area contributed by atoms with Gasteiger partial charge in [-0.1, -0.05) is 18.5 Å². The van der Waals surface area contributed by atoms with Crippen LogP contribution in [0.25, 0.3) is 0 Å². The molecule has 1 amide bonds. The molecule has 1 N–H and O–H groups in total. The molecule has 1 aromatic rings. The molecule has 0 aromatic carbocycles. The van der Waals surface area contributed by atoms with Crippen molar-refractivity contribution in [1.82, 2.24) is 10.3 Å². The summed E-state index contributed by atoms with van der Waals surface area (Å²) < 4.78 is 0.733. The van der Waals surface area contributed by atoms with Gasteiger partial charge in [-0.3, -0.25) is 4.79 Å². The van der Waals surface area contributed by atoms with E-state index in [0.717, 1.165) is 10.9 Å². The van der Waals surface area contributed by atoms with E-state index in [1.807, 2.05) is 20.8 Å². The lowest BCUT2D eigenvalue weighted by atomic mass is 10.0. The molecule has 0 bridgehead atoms. The summed E-state index contributed by atoms with van der Waals surface area (Å²) in [6.45, 7) is 5.94. The Labute approximate surface area is 109 Å². The van der Waals surface area contributed by atoms with Crippen LogP contribution in [0.3, 0.4) is 0 Å². The topological polar surface area (TPSA) is 42.0 Å². The zero-order valence-corrected chi connectivity index (χ0v) is 11.8. The van der Waals surface area contributed by atoms with Gasteiger partial charge in [0.1, 0.15) is 5.15 Å². The minimum atomic E-state index is -0.247. The van der Waals surface area contributed by atoms with Crippen LogP contribution in [-0.4, -0.2) is 16.4 Å². The van der Waals surface area contributed by atoms with Crippen molar-refractivity contribution in [2.75, 3.05) is 0 Å². The smallest absolute Gasteiger partial charge is 0.254 e. The number of carbonyl (C=O) groups is 1. The van der Waals surface area contributed by atoms with Gasteiger partial charge in [0.2, 0.25) is 0 Å². The number of rotatable bonds is 3. The van der Waals surface area contributed by atoms with Gasteiger partial charge in [0, 0.05) is 16.2 Å². The molecule has 0 saturated carbocycles. The summed E-state index contributed by atoms with van der Waals surface area (Å²) in [5, 5.41) is 3.12. The largest absolute Gasteiger partial charge is 0.347 e. The first-order valence-corrected chi connectivity index (χ1v) is 6.16. The fourth-order valence-electron chi connectivity index (χ4n) is 1.04. The number of hydrogen-bond acceptors (Lipinski definition) is 2. The van der Waals surface area contributed by atoms with Gasteiger partial charge in [-0.05, 0) is 42.3 Å². The maximum absolute atomic E-state index is 11.9. The average molecular weight is 306 g/mol. The number of carbonyl (C=O) groups excluding carboxylic acids is 1. The van der Waals surface area contributed by atoms with Crippen LogP contribution in [-0.2, 0) is 0 Å². The van der Waals surface area contributed by atoms with Gasteiger partial charge >= 0.3 is 0 Å². The molecule has 1 rings (SSSR count). The molecular formula is C11H14BrClN2O. The zero-order valence-electron chi connectivity index (χ0n) is 9.47. The molecule has 0 aliphatic heterocycles. The minimum Gasteiger partial charge on any atom is -0.347 e. The lowest BCUT2D eigenvalue weighted by molar-refractivity contribution is 0.0911. The lowest BCUT2D eigenvalue weighted by Gasteiger charge is -2.24. The quantitative estimate of drug-likeness (QED) is 0.870. The third kappa shape index (κ3) is 3.46. The summed E-state index contributed by atoms with van der Waals surface area (Å²) in [5.41, 5.74) is 0.139. The molecular weight excluding hydrogens is 291 g/mol. The number of halogens is 2. The molecule has 1 heterocycles. The highest BCUT2D eigenvalue weighted by molar-refractivity contribution is 9.10. The molecule has 5 heteroatoms. The molecule has 0 unspecified atom stereocenters. The second-order valence-electron chi connectivity index (χ2n) is 4.18. The Bertz CT molecular complexity index is 407. The maximum atomic E-state index is 11.9. The van der Waals surface area contributed by atoms with E-state index < -0.39 is 0 Å². The van der Waals surface area contributed by atoms with E-state index in [1.54, 1.807) is 12.3 Å². The van der Waals surface area contributed by atoms with Crippen molar-refractivity contribution in [2.24, 2.45) is 0 Å². The molecule has 0 radical (unpaired) electrons. The van der Waals surface area contributed by atoms with Crippen molar-refractivity contribution in [3.05, 3.63) is 27.5 Å². The van der Waals surface area contributed by atoms with Crippen molar-refractivity contribution in [3.8, 4) is 0 Å². The van der Waals surface area contributed by atoms with Crippen molar-refractivity contribution in [3.63, 3.8) is 0 Å². The monoisotopic (exact) mass is 304 g/mol. The maximum Gasteiger partial charge on any atom is 0.254 e. The van der Waals surface area contributed by atoms with Gasteiger partial charge in [-0.25, -0.2) is 4.98 Å². The molecule has 0 aliphatic rings.